The third kappa shape index (κ3) is 4.70. The van der Waals surface area contributed by atoms with Crippen molar-refractivity contribution in [3.05, 3.63) is 94.3 Å². The molecule has 1 aliphatic heterocycles. The van der Waals surface area contributed by atoms with Crippen molar-refractivity contribution in [2.45, 2.75) is 13.0 Å². The number of benzene rings is 3. The van der Waals surface area contributed by atoms with Crippen molar-refractivity contribution in [2.75, 3.05) is 18.5 Å². The molecule has 0 aromatic heterocycles. The fraction of sp³-hybridized carbons (Fsp3) is 0.167. The summed E-state index contributed by atoms with van der Waals surface area (Å²) in [5.41, 5.74) is 3.06. The molecule has 0 bridgehead atoms. The van der Waals surface area contributed by atoms with Crippen molar-refractivity contribution in [2.24, 2.45) is 0 Å². The van der Waals surface area contributed by atoms with Gasteiger partial charge in [0.1, 0.15) is 18.1 Å². The molecule has 1 atom stereocenters. The van der Waals surface area contributed by atoms with Crippen LogP contribution < -0.4 is 10.1 Å². The van der Waals surface area contributed by atoms with E-state index in [1.54, 1.807) is 36.4 Å². The maximum atomic E-state index is 13.6. The van der Waals surface area contributed by atoms with Crippen molar-refractivity contribution >= 4 is 29.1 Å². The minimum absolute atomic E-state index is 0.154. The van der Waals surface area contributed by atoms with Gasteiger partial charge in [-0.1, -0.05) is 41.4 Å². The molecule has 3 aromatic carbocycles. The lowest BCUT2D eigenvalue weighted by atomic mass is 9.94. The van der Waals surface area contributed by atoms with E-state index in [1.807, 2.05) is 25.1 Å². The highest BCUT2D eigenvalue weighted by Gasteiger charge is 2.33. The maximum absolute atomic E-state index is 13.6. The van der Waals surface area contributed by atoms with E-state index in [9.17, 15) is 14.0 Å². The molecule has 0 unspecified atom stereocenters. The van der Waals surface area contributed by atoms with E-state index in [2.05, 4.69) is 5.32 Å². The van der Waals surface area contributed by atoms with E-state index >= 15 is 0 Å². The summed E-state index contributed by atoms with van der Waals surface area (Å²) in [6.07, 6.45) is 0. The zero-order valence-corrected chi connectivity index (χ0v) is 17.5. The molecule has 3 aromatic rings. The molecule has 1 heterocycles. The van der Waals surface area contributed by atoms with Crippen LogP contribution in [-0.2, 0) is 9.59 Å². The lowest BCUT2D eigenvalue weighted by Crippen LogP contribution is -2.41. The standard InChI is InChI=1S/C24H20ClFN2O3/c1-15-2-11-21-20(12-15)24(16-3-7-18(26)8-4-16)28(13-22(29)27-21)23(30)14-31-19-9-5-17(25)6-10-19/h2-12,24H,13-14H2,1H3,(H,27,29)/t24-/m0/s1. The lowest BCUT2D eigenvalue weighted by molar-refractivity contribution is -0.138. The molecule has 158 valence electrons. The van der Waals surface area contributed by atoms with Gasteiger partial charge in [0, 0.05) is 16.3 Å². The average molecular weight is 439 g/mol. The minimum Gasteiger partial charge on any atom is -0.484 e. The molecule has 0 spiro atoms. The number of hydrogen-bond donors (Lipinski definition) is 1. The molecular formula is C24H20ClFN2O3. The first-order valence-electron chi connectivity index (χ1n) is 9.74. The largest absolute Gasteiger partial charge is 0.484 e. The van der Waals surface area contributed by atoms with Crippen molar-refractivity contribution < 1.29 is 18.7 Å². The number of fused-ring (bicyclic) bond motifs is 1. The molecule has 0 fully saturated rings. The topological polar surface area (TPSA) is 58.6 Å². The monoisotopic (exact) mass is 438 g/mol. The fourth-order valence-corrected chi connectivity index (χ4v) is 3.75. The van der Waals surface area contributed by atoms with Crippen LogP contribution in [0.25, 0.3) is 0 Å². The van der Waals surface area contributed by atoms with Gasteiger partial charge < -0.3 is 15.0 Å². The second-order valence-electron chi connectivity index (χ2n) is 7.36. The second-order valence-corrected chi connectivity index (χ2v) is 7.79. The Kier molecular flexibility index (Phi) is 5.91. The molecular weight excluding hydrogens is 419 g/mol. The third-order valence-corrected chi connectivity index (χ3v) is 5.34. The highest BCUT2D eigenvalue weighted by Crippen LogP contribution is 2.36. The summed E-state index contributed by atoms with van der Waals surface area (Å²) in [5, 5.41) is 3.42. The van der Waals surface area contributed by atoms with Crippen LogP contribution in [0.3, 0.4) is 0 Å². The summed E-state index contributed by atoms with van der Waals surface area (Å²) in [5.74, 6) is -0.560. The molecule has 0 radical (unpaired) electrons. The molecule has 31 heavy (non-hydrogen) atoms. The SMILES string of the molecule is Cc1ccc2c(c1)[C@H](c1ccc(F)cc1)N(C(=O)COc1ccc(Cl)cc1)CC(=O)N2. The summed E-state index contributed by atoms with van der Waals surface area (Å²) in [4.78, 5) is 27.2. The molecule has 5 nitrogen and oxygen atoms in total. The Morgan fingerprint density at radius 1 is 1.13 bits per heavy atom. The van der Waals surface area contributed by atoms with Crippen LogP contribution in [0.15, 0.2) is 66.7 Å². The van der Waals surface area contributed by atoms with Crippen LogP contribution in [0.4, 0.5) is 10.1 Å². The maximum Gasteiger partial charge on any atom is 0.261 e. The van der Waals surface area contributed by atoms with Crippen LogP contribution in [0, 0.1) is 12.7 Å². The molecule has 0 saturated carbocycles. The van der Waals surface area contributed by atoms with E-state index in [-0.39, 0.29) is 30.8 Å². The highest BCUT2D eigenvalue weighted by atomic mass is 35.5. The number of aryl methyl sites for hydroxylation is 1. The van der Waals surface area contributed by atoms with Crippen LogP contribution in [-0.4, -0.2) is 29.9 Å². The van der Waals surface area contributed by atoms with Crippen molar-refractivity contribution in [3.63, 3.8) is 0 Å². The predicted molar refractivity (Wildman–Crippen MR) is 117 cm³/mol. The van der Waals surface area contributed by atoms with Gasteiger partial charge in [0.15, 0.2) is 6.61 Å². The van der Waals surface area contributed by atoms with Gasteiger partial charge in [-0.25, -0.2) is 4.39 Å². The van der Waals surface area contributed by atoms with Crippen LogP contribution in [0.5, 0.6) is 5.75 Å². The molecule has 0 aliphatic carbocycles. The number of halogens is 2. The summed E-state index contributed by atoms with van der Waals surface area (Å²) >= 11 is 5.89. The first-order chi connectivity index (χ1) is 14.9. The van der Waals surface area contributed by atoms with Crippen LogP contribution in [0.2, 0.25) is 5.02 Å². The molecule has 2 amide bonds. The number of amides is 2. The second kappa shape index (κ2) is 8.78. The van der Waals surface area contributed by atoms with Gasteiger partial charge in [-0.05, 0) is 55.0 Å². The van der Waals surface area contributed by atoms with Crippen molar-refractivity contribution in [1.29, 1.82) is 0 Å². The molecule has 0 saturated heterocycles. The Morgan fingerprint density at radius 3 is 2.55 bits per heavy atom. The van der Waals surface area contributed by atoms with E-state index in [0.29, 0.717) is 22.0 Å². The van der Waals surface area contributed by atoms with Gasteiger partial charge in [-0.3, -0.25) is 9.59 Å². The first kappa shape index (κ1) is 20.9. The summed E-state index contributed by atoms with van der Waals surface area (Å²) in [7, 11) is 0. The van der Waals surface area contributed by atoms with Gasteiger partial charge in [0.05, 0.1) is 6.04 Å². The minimum atomic E-state index is -0.573. The van der Waals surface area contributed by atoms with Crippen molar-refractivity contribution in [1.82, 2.24) is 4.90 Å². The summed E-state index contributed by atoms with van der Waals surface area (Å²) in [6, 6.07) is 17.7. The number of carbonyl (C=O) groups is 2. The summed E-state index contributed by atoms with van der Waals surface area (Å²) in [6.45, 7) is 1.52. The normalized spacial score (nSPS) is 15.6. The van der Waals surface area contributed by atoms with E-state index in [1.165, 1.54) is 17.0 Å². The fourth-order valence-electron chi connectivity index (χ4n) is 3.62. The molecule has 1 aliphatic rings. The van der Waals surface area contributed by atoms with Crippen LogP contribution in [0.1, 0.15) is 22.7 Å². The number of hydrogen-bond acceptors (Lipinski definition) is 3. The average Bonchev–Trinajstić information content (AvgIpc) is 2.89. The molecule has 1 N–H and O–H groups in total. The van der Waals surface area contributed by atoms with Gasteiger partial charge in [0.25, 0.3) is 5.91 Å². The zero-order valence-electron chi connectivity index (χ0n) is 16.8. The number of anilines is 1. The Labute approximate surface area is 184 Å². The number of rotatable bonds is 4. The zero-order chi connectivity index (χ0) is 22.0. The highest BCUT2D eigenvalue weighted by molar-refractivity contribution is 6.30. The predicted octanol–water partition coefficient (Wildman–Crippen LogP) is 4.74. The quantitative estimate of drug-likeness (QED) is 0.640. The Morgan fingerprint density at radius 2 is 1.84 bits per heavy atom. The Balaban J connectivity index is 1.70. The first-order valence-corrected chi connectivity index (χ1v) is 10.1. The van der Waals surface area contributed by atoms with Crippen LogP contribution >= 0.6 is 11.6 Å². The van der Waals surface area contributed by atoms with E-state index in [4.69, 9.17) is 16.3 Å². The van der Waals surface area contributed by atoms with Gasteiger partial charge in [-0.2, -0.15) is 0 Å². The Bertz CT molecular complexity index is 1120. The van der Waals surface area contributed by atoms with E-state index < -0.39 is 6.04 Å². The number of nitrogens with one attached hydrogen (secondary N) is 1. The number of ether oxygens (including phenoxy) is 1. The molecule has 4 rings (SSSR count). The molecule has 7 heteroatoms. The number of nitrogens with zero attached hydrogens (tertiary/aromatic N) is 1. The van der Waals surface area contributed by atoms with E-state index in [0.717, 1.165) is 11.1 Å². The Hall–Kier alpha value is -3.38. The smallest absolute Gasteiger partial charge is 0.261 e. The lowest BCUT2D eigenvalue weighted by Gasteiger charge is -2.30. The van der Waals surface area contributed by atoms with Crippen molar-refractivity contribution in [3.8, 4) is 5.75 Å². The third-order valence-electron chi connectivity index (χ3n) is 5.08. The van der Waals surface area contributed by atoms with Gasteiger partial charge in [-0.15, -0.1) is 0 Å². The summed E-state index contributed by atoms with van der Waals surface area (Å²) < 4.78 is 19.2. The number of carbonyl (C=O) groups excluding carboxylic acids is 2. The van der Waals surface area contributed by atoms with Gasteiger partial charge in [0.2, 0.25) is 5.91 Å². The van der Waals surface area contributed by atoms with Gasteiger partial charge >= 0.3 is 0 Å².